The smallest absolute Gasteiger partial charge is 0.511 e. The molecule has 0 spiro atoms. The highest BCUT2D eigenvalue weighted by molar-refractivity contribution is 6.34. The molecule has 0 bridgehead atoms. The molecule has 4 nitrogen and oxygen atoms in total. The normalized spacial score (nSPS) is 11.1. The van der Waals surface area contributed by atoms with Crippen molar-refractivity contribution in [3.8, 4) is 39.1 Å². The highest BCUT2D eigenvalue weighted by Crippen LogP contribution is 2.50. The Morgan fingerprint density at radius 2 is 0.854 bits per heavy atom. The Kier molecular flexibility index (Phi) is 10.4. The average Bonchev–Trinajstić information content (AvgIpc) is 3.03. The molecule has 2 N–H and O–H groups in total. The van der Waals surface area contributed by atoms with E-state index in [0.717, 1.165) is 44.2 Å². The summed E-state index contributed by atoms with van der Waals surface area (Å²) in [4.78, 5) is 0. The predicted octanol–water partition coefficient (Wildman–Crippen LogP) is 8.07. The van der Waals surface area contributed by atoms with Crippen molar-refractivity contribution in [3.63, 3.8) is 0 Å². The van der Waals surface area contributed by atoms with Crippen molar-refractivity contribution in [2.75, 3.05) is 26.2 Å². The van der Waals surface area contributed by atoms with Gasteiger partial charge in [0.1, 0.15) is 5.75 Å². The van der Waals surface area contributed by atoms with Gasteiger partial charge in [-0.2, -0.15) is 0 Å². The first-order valence-electron chi connectivity index (χ1n) is 14.6. The number of quaternary nitrogens is 1. The molecule has 5 aromatic rings. The predicted molar refractivity (Wildman–Crippen MR) is 173 cm³/mol. The summed E-state index contributed by atoms with van der Waals surface area (Å²) in [5, 5.41) is 21.4. The molecule has 41 heavy (non-hydrogen) atoms. The zero-order valence-corrected chi connectivity index (χ0v) is 24.6. The van der Waals surface area contributed by atoms with Crippen LogP contribution in [0.4, 0.5) is 0 Å². The first-order chi connectivity index (χ1) is 20.0. The number of hydrogen-bond acceptors (Lipinski definition) is 3. The highest BCUT2D eigenvalue weighted by atomic mass is 16.6. The Bertz CT molecular complexity index is 1500. The summed E-state index contributed by atoms with van der Waals surface area (Å²) in [6.45, 7) is 14.2. The van der Waals surface area contributed by atoms with E-state index in [0.29, 0.717) is 5.75 Å². The minimum Gasteiger partial charge on any atom is -0.511 e. The van der Waals surface area contributed by atoms with Gasteiger partial charge in [0, 0.05) is 16.5 Å². The lowest BCUT2D eigenvalue weighted by Gasteiger charge is -2.34. The van der Waals surface area contributed by atoms with E-state index in [4.69, 9.17) is 4.65 Å². The van der Waals surface area contributed by atoms with Crippen molar-refractivity contribution in [3.05, 3.63) is 115 Å². The third-order valence-corrected chi connectivity index (χ3v) is 8.26. The Labute approximate surface area is 245 Å². The van der Waals surface area contributed by atoms with E-state index in [2.05, 4.69) is 58.0 Å². The molecule has 0 aliphatic rings. The van der Waals surface area contributed by atoms with Crippen LogP contribution in [-0.2, 0) is 0 Å². The molecule has 0 aromatic heterocycles. The summed E-state index contributed by atoms with van der Waals surface area (Å²) < 4.78 is 6.95. The van der Waals surface area contributed by atoms with Crippen molar-refractivity contribution in [1.82, 2.24) is 0 Å². The molecule has 0 unspecified atom stereocenters. The number of benzene rings is 5. The Morgan fingerprint density at radius 1 is 0.488 bits per heavy atom. The van der Waals surface area contributed by atoms with Crippen molar-refractivity contribution in [2.24, 2.45) is 0 Å². The molecule has 0 aliphatic heterocycles. The summed E-state index contributed by atoms with van der Waals surface area (Å²) in [6.07, 6.45) is 0. The second-order valence-electron chi connectivity index (χ2n) is 10.1. The van der Waals surface area contributed by atoms with E-state index < -0.39 is 7.32 Å². The molecule has 5 heteroatoms. The van der Waals surface area contributed by atoms with Gasteiger partial charge >= 0.3 is 7.32 Å². The maximum absolute atomic E-state index is 9.82. The molecule has 0 heterocycles. The number of nitrogens with zero attached hydrogens (tertiary/aromatic N) is 1. The van der Waals surface area contributed by atoms with Crippen molar-refractivity contribution in [1.29, 1.82) is 0 Å². The molecule has 0 saturated heterocycles. The minimum atomic E-state index is -1.94. The molecule has 0 radical (unpaired) electrons. The lowest BCUT2D eigenvalue weighted by Crippen LogP contribution is -2.47. The topological polar surface area (TPSA) is 49.7 Å². The zero-order valence-electron chi connectivity index (χ0n) is 24.6. The molecule has 0 aliphatic carbocycles. The van der Waals surface area contributed by atoms with Gasteiger partial charge in [0.05, 0.1) is 26.2 Å². The van der Waals surface area contributed by atoms with Crippen LogP contribution < -0.4 is 4.65 Å². The van der Waals surface area contributed by atoms with E-state index in [1.165, 1.54) is 30.7 Å². The van der Waals surface area contributed by atoms with E-state index in [9.17, 15) is 10.0 Å². The lowest BCUT2D eigenvalue weighted by atomic mass is 9.83. The Morgan fingerprint density at radius 3 is 1.24 bits per heavy atom. The van der Waals surface area contributed by atoms with Gasteiger partial charge in [0.25, 0.3) is 0 Å². The van der Waals surface area contributed by atoms with Gasteiger partial charge in [-0.3, -0.25) is 0 Å². The van der Waals surface area contributed by atoms with Crippen LogP contribution in [0.25, 0.3) is 44.2 Å². The highest BCUT2D eigenvalue weighted by Gasteiger charge is 2.26. The summed E-state index contributed by atoms with van der Waals surface area (Å²) in [7, 11) is -1.94. The molecule has 0 fully saturated rings. The quantitative estimate of drug-likeness (QED) is 0.145. The van der Waals surface area contributed by atoms with Crippen LogP contribution in [0, 0.1) is 0 Å². The third kappa shape index (κ3) is 6.71. The van der Waals surface area contributed by atoms with Crippen LogP contribution in [0.2, 0.25) is 0 Å². The van der Waals surface area contributed by atoms with E-state index in [1.807, 2.05) is 84.9 Å². The second-order valence-corrected chi connectivity index (χ2v) is 10.1. The number of rotatable bonds is 9. The Balaban J connectivity index is 0.000000374. The maximum atomic E-state index is 9.82. The van der Waals surface area contributed by atoms with Gasteiger partial charge in [0.2, 0.25) is 0 Å². The van der Waals surface area contributed by atoms with Crippen LogP contribution in [0.15, 0.2) is 115 Å². The maximum Gasteiger partial charge on any atom is 0.707 e. The number of hydrogen-bond donors (Lipinski definition) is 2. The summed E-state index contributed by atoms with van der Waals surface area (Å²) in [5.41, 5.74) is 5.92. The summed E-state index contributed by atoms with van der Waals surface area (Å²) >= 11 is 0. The fourth-order valence-electron chi connectivity index (χ4n) is 5.65. The molecule has 5 aromatic carbocycles. The standard InChI is InChI=1S/C28H21BO3.C8H20N/c30-29(31)32-28-24-19-11-10-18-23(24)25(20-12-4-1-5-13-20)26(21-14-6-2-7-15-21)27(28)22-16-8-3-9-17-22;1-5-9(6-2,7-3)8-4/h1-19,30-31H;5-8H2,1-4H3/q;+1. The molecule has 210 valence electrons. The van der Waals surface area contributed by atoms with Crippen LogP contribution >= 0.6 is 0 Å². The van der Waals surface area contributed by atoms with Crippen molar-refractivity contribution in [2.45, 2.75) is 27.7 Å². The summed E-state index contributed by atoms with van der Waals surface area (Å²) in [5.74, 6) is 0.445. The monoisotopic (exact) mass is 546 g/mol. The molecule has 0 amide bonds. The lowest BCUT2D eigenvalue weighted by molar-refractivity contribution is -0.921. The second kappa shape index (κ2) is 14.1. The van der Waals surface area contributed by atoms with Gasteiger partial charge in [-0.1, -0.05) is 115 Å². The van der Waals surface area contributed by atoms with E-state index >= 15 is 0 Å². The average molecular weight is 547 g/mol. The fourth-order valence-corrected chi connectivity index (χ4v) is 5.65. The SMILES string of the molecule is CC[N+](CC)(CC)CC.OB(O)Oc1c(-c2ccccc2)c(-c2ccccc2)c(-c2ccccc2)c2ccccc12. The molecule has 5 rings (SSSR count). The van der Waals surface area contributed by atoms with E-state index in [-0.39, 0.29) is 0 Å². The fraction of sp³-hybridized carbons (Fsp3) is 0.222. The largest absolute Gasteiger partial charge is 0.707 e. The number of fused-ring (bicyclic) bond motifs is 1. The van der Waals surface area contributed by atoms with Crippen LogP contribution in [0.3, 0.4) is 0 Å². The van der Waals surface area contributed by atoms with Crippen LogP contribution in [0.5, 0.6) is 5.75 Å². The molecule has 0 atom stereocenters. The Hall–Kier alpha value is -3.90. The van der Waals surface area contributed by atoms with Crippen LogP contribution in [0.1, 0.15) is 27.7 Å². The molecule has 0 saturated carbocycles. The van der Waals surface area contributed by atoms with Gasteiger partial charge in [-0.25, -0.2) is 0 Å². The first kappa shape index (κ1) is 30.1. The zero-order chi connectivity index (χ0) is 29.2. The van der Waals surface area contributed by atoms with Crippen molar-refractivity contribution >= 4 is 18.1 Å². The summed E-state index contributed by atoms with van der Waals surface area (Å²) in [6, 6.07) is 38.3. The minimum absolute atomic E-state index is 0.445. The third-order valence-electron chi connectivity index (χ3n) is 8.26. The molecular weight excluding hydrogens is 505 g/mol. The van der Waals surface area contributed by atoms with Crippen molar-refractivity contribution < 1.29 is 19.2 Å². The first-order valence-corrected chi connectivity index (χ1v) is 14.6. The van der Waals surface area contributed by atoms with Crippen LogP contribution in [-0.4, -0.2) is 48.0 Å². The van der Waals surface area contributed by atoms with E-state index in [1.54, 1.807) is 0 Å². The van der Waals surface area contributed by atoms with Gasteiger partial charge < -0.3 is 19.2 Å². The molecular formula is C36H41BNO3+. The van der Waals surface area contributed by atoms with Gasteiger partial charge in [-0.15, -0.1) is 0 Å². The van der Waals surface area contributed by atoms with Gasteiger partial charge in [-0.05, 0) is 55.3 Å². The van der Waals surface area contributed by atoms with Gasteiger partial charge in [0.15, 0.2) is 0 Å².